The fraction of sp³-hybridized carbons (Fsp3) is 0.0909. The van der Waals surface area contributed by atoms with Crippen molar-refractivity contribution in [3.8, 4) is 0 Å². The van der Waals surface area contributed by atoms with Crippen LogP contribution in [0.15, 0.2) is 35.4 Å². The predicted molar refractivity (Wildman–Crippen MR) is 62.1 cm³/mol. The first-order valence-electron chi connectivity index (χ1n) is 4.72. The van der Waals surface area contributed by atoms with E-state index in [1.54, 1.807) is 18.2 Å². The number of benzene rings is 1. The molecule has 0 amide bonds. The number of carbonyl (C=O) groups excluding carboxylic acids is 1. The van der Waals surface area contributed by atoms with Crippen LogP contribution < -0.4 is 0 Å². The van der Waals surface area contributed by atoms with E-state index in [0.717, 1.165) is 0 Å². The highest BCUT2D eigenvalue weighted by molar-refractivity contribution is 7.79. The quantitative estimate of drug-likeness (QED) is 0.648. The maximum absolute atomic E-state index is 11.5. The van der Waals surface area contributed by atoms with Gasteiger partial charge in [-0.25, -0.2) is 14.0 Å². The molecule has 0 fully saturated rings. The van der Waals surface area contributed by atoms with Crippen LogP contribution in [0, 0.1) is 0 Å². The van der Waals surface area contributed by atoms with E-state index >= 15 is 0 Å². The Morgan fingerprint density at radius 3 is 2.76 bits per heavy atom. The van der Waals surface area contributed by atoms with E-state index in [4.69, 9.17) is 4.55 Å². The summed E-state index contributed by atoms with van der Waals surface area (Å²) in [6.07, 6.45) is 1.41. The molecule has 0 saturated carbocycles. The molecule has 0 spiro atoms. The van der Waals surface area contributed by atoms with E-state index < -0.39 is 17.0 Å². The number of aromatic nitrogens is 1. The van der Waals surface area contributed by atoms with E-state index in [9.17, 15) is 9.00 Å². The predicted octanol–water partition coefficient (Wildman–Crippen LogP) is 1.60. The third-order valence-electron chi connectivity index (χ3n) is 2.33. The van der Waals surface area contributed by atoms with Gasteiger partial charge in [0.2, 0.25) is 0 Å². The van der Waals surface area contributed by atoms with Gasteiger partial charge in [-0.1, -0.05) is 12.1 Å². The summed E-state index contributed by atoms with van der Waals surface area (Å²) in [6, 6.07) is 6.37. The first-order chi connectivity index (χ1) is 8.15. The molecule has 5 nitrogen and oxygen atoms in total. The number of carbonyl (C=O) groups is 1. The van der Waals surface area contributed by atoms with E-state index in [0.29, 0.717) is 10.8 Å². The summed E-state index contributed by atoms with van der Waals surface area (Å²) in [5.41, 5.74) is 0.136. The monoisotopic (exact) mass is 251 g/mol. The molecule has 1 N–H and O–H groups in total. The van der Waals surface area contributed by atoms with Crippen molar-refractivity contribution in [2.24, 2.45) is 0 Å². The second-order valence-corrected chi connectivity index (χ2v) is 4.19. The molecule has 1 atom stereocenters. The van der Waals surface area contributed by atoms with Crippen molar-refractivity contribution in [1.29, 1.82) is 0 Å². The molecule has 2 aromatic rings. The highest BCUT2D eigenvalue weighted by atomic mass is 32.2. The van der Waals surface area contributed by atoms with Crippen LogP contribution in [0.25, 0.3) is 10.8 Å². The molecule has 0 aliphatic rings. The van der Waals surface area contributed by atoms with Crippen LogP contribution in [0.5, 0.6) is 0 Å². The highest BCUT2D eigenvalue weighted by Gasteiger charge is 2.14. The number of hydrogen-bond acceptors (Lipinski definition) is 4. The average Bonchev–Trinajstić information content (AvgIpc) is 2.36. The van der Waals surface area contributed by atoms with Gasteiger partial charge in [-0.2, -0.15) is 0 Å². The lowest BCUT2D eigenvalue weighted by Crippen LogP contribution is -2.05. The number of fused-ring (bicyclic) bond motifs is 1. The molecule has 1 heterocycles. The third-order valence-corrected chi connectivity index (χ3v) is 3.07. The van der Waals surface area contributed by atoms with Gasteiger partial charge in [0.05, 0.1) is 12.0 Å². The molecule has 1 unspecified atom stereocenters. The molecule has 17 heavy (non-hydrogen) atoms. The molecular weight excluding hydrogens is 242 g/mol. The second-order valence-electron chi connectivity index (χ2n) is 3.25. The van der Waals surface area contributed by atoms with Crippen LogP contribution in [-0.2, 0) is 15.8 Å². The topological polar surface area (TPSA) is 76.5 Å². The number of nitrogens with zero attached hydrogens (tertiary/aromatic N) is 1. The van der Waals surface area contributed by atoms with Crippen molar-refractivity contribution in [3.63, 3.8) is 0 Å². The van der Waals surface area contributed by atoms with E-state index in [1.165, 1.54) is 19.4 Å². The average molecular weight is 251 g/mol. The number of rotatable bonds is 2. The zero-order chi connectivity index (χ0) is 12.4. The molecule has 88 valence electrons. The van der Waals surface area contributed by atoms with Gasteiger partial charge in [-0.05, 0) is 12.1 Å². The summed E-state index contributed by atoms with van der Waals surface area (Å²) in [4.78, 5) is 15.7. The van der Waals surface area contributed by atoms with Crippen molar-refractivity contribution >= 4 is 27.8 Å². The van der Waals surface area contributed by atoms with Gasteiger partial charge in [0.25, 0.3) is 0 Å². The summed E-state index contributed by atoms with van der Waals surface area (Å²) in [6.45, 7) is 0. The molecule has 1 aromatic heterocycles. The minimum atomic E-state index is -2.11. The van der Waals surface area contributed by atoms with Crippen LogP contribution >= 0.6 is 0 Å². The SMILES string of the molecule is COC(=O)c1nccc2c(S(=O)O)cccc12. The Morgan fingerprint density at radius 1 is 1.35 bits per heavy atom. The molecule has 6 heteroatoms. The summed E-state index contributed by atoms with van der Waals surface area (Å²) in [7, 11) is 1.26. The smallest absolute Gasteiger partial charge is 0.357 e. The summed E-state index contributed by atoms with van der Waals surface area (Å²) < 4.78 is 24.9. The Kier molecular flexibility index (Phi) is 3.16. The van der Waals surface area contributed by atoms with Crippen LogP contribution in [0.2, 0.25) is 0 Å². The van der Waals surface area contributed by atoms with Gasteiger partial charge in [-0.3, -0.25) is 0 Å². The Labute approximate surface area is 99.7 Å². The van der Waals surface area contributed by atoms with Crippen molar-refractivity contribution in [1.82, 2.24) is 4.98 Å². The Balaban J connectivity index is 2.79. The lowest BCUT2D eigenvalue weighted by atomic mass is 10.1. The van der Waals surface area contributed by atoms with Crippen molar-refractivity contribution in [2.75, 3.05) is 7.11 Å². The lowest BCUT2D eigenvalue weighted by Gasteiger charge is -2.05. The second kappa shape index (κ2) is 4.60. The summed E-state index contributed by atoms with van der Waals surface area (Å²) in [5.74, 6) is -0.573. The van der Waals surface area contributed by atoms with Gasteiger partial charge in [0.15, 0.2) is 16.8 Å². The Morgan fingerprint density at radius 2 is 2.12 bits per heavy atom. The zero-order valence-electron chi connectivity index (χ0n) is 8.91. The minimum absolute atomic E-state index is 0.136. The Hall–Kier alpha value is -1.79. The molecule has 0 bridgehead atoms. The normalized spacial score (nSPS) is 12.4. The first kappa shape index (κ1) is 11.7. The third kappa shape index (κ3) is 2.04. The van der Waals surface area contributed by atoms with Gasteiger partial charge < -0.3 is 9.29 Å². The zero-order valence-corrected chi connectivity index (χ0v) is 9.73. The van der Waals surface area contributed by atoms with Gasteiger partial charge >= 0.3 is 5.97 Å². The molecule has 2 rings (SSSR count). The van der Waals surface area contributed by atoms with Crippen LogP contribution in [0.1, 0.15) is 10.5 Å². The van der Waals surface area contributed by atoms with E-state index in [2.05, 4.69) is 9.72 Å². The highest BCUT2D eigenvalue weighted by Crippen LogP contribution is 2.23. The maximum atomic E-state index is 11.5. The molecule has 0 radical (unpaired) electrons. The number of pyridine rings is 1. The van der Waals surface area contributed by atoms with E-state index in [-0.39, 0.29) is 10.6 Å². The lowest BCUT2D eigenvalue weighted by molar-refractivity contribution is 0.0596. The van der Waals surface area contributed by atoms with Crippen molar-refractivity contribution in [2.45, 2.75) is 4.90 Å². The fourth-order valence-electron chi connectivity index (χ4n) is 1.59. The molecule has 1 aromatic carbocycles. The van der Waals surface area contributed by atoms with Crippen LogP contribution in [0.4, 0.5) is 0 Å². The fourth-order valence-corrected chi connectivity index (χ4v) is 2.15. The number of esters is 1. The summed E-state index contributed by atoms with van der Waals surface area (Å²) in [5, 5.41) is 1.02. The molecule has 0 aliphatic carbocycles. The molecular formula is C11H9NO4S. The van der Waals surface area contributed by atoms with E-state index in [1.807, 2.05) is 0 Å². The summed E-state index contributed by atoms with van der Waals surface area (Å²) >= 11 is -2.11. The maximum Gasteiger partial charge on any atom is 0.357 e. The standard InChI is InChI=1S/C11H9NO4S/c1-16-11(13)10-8-3-2-4-9(17(14)15)7(8)5-6-12-10/h2-6H,1H3,(H,14,15). The molecule has 0 aliphatic heterocycles. The van der Waals surface area contributed by atoms with Crippen LogP contribution in [-0.4, -0.2) is 26.8 Å². The molecule has 0 saturated heterocycles. The minimum Gasteiger partial charge on any atom is -0.464 e. The number of ether oxygens (including phenoxy) is 1. The van der Waals surface area contributed by atoms with Crippen molar-refractivity contribution in [3.05, 3.63) is 36.2 Å². The Bertz CT molecular complexity index is 611. The van der Waals surface area contributed by atoms with Crippen LogP contribution in [0.3, 0.4) is 0 Å². The van der Waals surface area contributed by atoms with Gasteiger partial charge in [-0.15, -0.1) is 0 Å². The largest absolute Gasteiger partial charge is 0.464 e. The van der Waals surface area contributed by atoms with Gasteiger partial charge in [0.1, 0.15) is 0 Å². The first-order valence-corrected chi connectivity index (χ1v) is 5.82. The van der Waals surface area contributed by atoms with Gasteiger partial charge in [0, 0.05) is 17.0 Å². The van der Waals surface area contributed by atoms with Crippen molar-refractivity contribution < 1.29 is 18.3 Å². The number of methoxy groups -OCH3 is 1. The number of hydrogen-bond donors (Lipinski definition) is 1.